The van der Waals surface area contributed by atoms with Gasteiger partial charge in [-0.2, -0.15) is 0 Å². The molecule has 0 saturated heterocycles. The molecular weight excluding hydrogens is 526 g/mol. The Balaban J connectivity index is 1.74. The van der Waals surface area contributed by atoms with Crippen LogP contribution < -0.4 is 25.6 Å². The molecule has 0 fully saturated rings. The van der Waals surface area contributed by atoms with Crippen LogP contribution in [0, 0.1) is 0 Å². The molecule has 0 heterocycles. The molecule has 0 aliphatic rings. The fourth-order valence-corrected chi connectivity index (χ4v) is 3.09. The highest BCUT2D eigenvalue weighted by atomic mass is 79.9. The first-order valence-electron chi connectivity index (χ1n) is 10.6. The van der Waals surface area contributed by atoms with Gasteiger partial charge in [0.25, 0.3) is 11.8 Å². The Morgan fingerprint density at radius 2 is 1.59 bits per heavy atom. The Kier molecular flexibility index (Phi) is 11.3. The third kappa shape index (κ3) is 8.99. The molecule has 3 N–H and O–H groups in total. The Hall–Kier alpha value is -3.18. The lowest BCUT2D eigenvalue weighted by Gasteiger charge is -2.12. The van der Waals surface area contributed by atoms with Crippen LogP contribution in [0.1, 0.15) is 47.4 Å². The summed E-state index contributed by atoms with van der Waals surface area (Å²) in [4.78, 5) is 36.1. The molecule has 0 unspecified atom stereocenters. The van der Waals surface area contributed by atoms with Gasteiger partial charge in [-0.1, -0.05) is 13.8 Å². The van der Waals surface area contributed by atoms with Crippen LogP contribution in [0.25, 0.3) is 0 Å². The third-order valence-electron chi connectivity index (χ3n) is 4.10. The normalized spacial score (nSPS) is 10.1. The minimum atomic E-state index is -0.525. The van der Waals surface area contributed by atoms with E-state index < -0.39 is 17.8 Å². The number of ether oxygens (including phenoxy) is 3. The van der Waals surface area contributed by atoms with Crippen molar-refractivity contribution in [3.05, 3.63) is 58.1 Å². The van der Waals surface area contributed by atoms with E-state index in [1.165, 1.54) is 0 Å². The van der Waals surface area contributed by atoms with Crippen molar-refractivity contribution < 1.29 is 28.6 Å². The van der Waals surface area contributed by atoms with Crippen molar-refractivity contribution in [1.29, 1.82) is 0 Å². The summed E-state index contributed by atoms with van der Waals surface area (Å²) < 4.78 is 16.6. The topological polar surface area (TPSA) is 115 Å². The molecule has 0 aliphatic carbocycles. The molecule has 2 aromatic rings. The molecule has 0 aromatic heterocycles. The van der Waals surface area contributed by atoms with E-state index in [2.05, 4.69) is 32.1 Å². The fourth-order valence-electron chi connectivity index (χ4n) is 2.45. The maximum atomic E-state index is 12.4. The number of thiocarbonyl (C=S) groups is 1. The van der Waals surface area contributed by atoms with Crippen LogP contribution in [-0.4, -0.2) is 42.7 Å². The highest BCUT2D eigenvalue weighted by Gasteiger charge is 2.12. The smallest absolute Gasteiger partial charge is 0.338 e. The van der Waals surface area contributed by atoms with Crippen LogP contribution in [0.15, 0.2) is 46.9 Å². The number of amides is 2. The van der Waals surface area contributed by atoms with Crippen LogP contribution in [0.3, 0.4) is 0 Å². The first-order chi connectivity index (χ1) is 16.3. The van der Waals surface area contributed by atoms with Crippen molar-refractivity contribution in [2.24, 2.45) is 0 Å². The predicted molar refractivity (Wildman–Crippen MR) is 134 cm³/mol. The molecule has 2 aromatic carbocycles. The van der Waals surface area contributed by atoms with Crippen molar-refractivity contribution in [1.82, 2.24) is 16.2 Å². The lowest BCUT2D eigenvalue weighted by Crippen LogP contribution is -2.49. The molecule has 11 heteroatoms. The number of hydrogen-bond donors (Lipinski definition) is 3. The zero-order chi connectivity index (χ0) is 24.9. The number of carbonyl (C=O) groups is 3. The first kappa shape index (κ1) is 27.1. The zero-order valence-electron chi connectivity index (χ0n) is 18.8. The van der Waals surface area contributed by atoms with Gasteiger partial charge in [0.1, 0.15) is 11.5 Å². The summed E-state index contributed by atoms with van der Waals surface area (Å²) in [6.07, 6.45) is 1.61. The summed E-state index contributed by atoms with van der Waals surface area (Å²) in [6, 6.07) is 11.1. The lowest BCUT2D eigenvalue weighted by atomic mass is 10.2. The molecule has 0 spiro atoms. The predicted octanol–water partition coefficient (Wildman–Crippen LogP) is 3.52. The van der Waals surface area contributed by atoms with E-state index in [9.17, 15) is 14.4 Å². The summed E-state index contributed by atoms with van der Waals surface area (Å²) in [5.41, 5.74) is 5.52. The highest BCUT2D eigenvalue weighted by Crippen LogP contribution is 2.26. The van der Waals surface area contributed by atoms with Crippen molar-refractivity contribution in [3.8, 4) is 11.5 Å². The van der Waals surface area contributed by atoms with Gasteiger partial charge in [-0.05, 0) is 83.5 Å². The van der Waals surface area contributed by atoms with Crippen LogP contribution >= 0.6 is 28.1 Å². The number of hydrazine groups is 1. The minimum absolute atomic E-state index is 0.0873. The third-order valence-corrected chi connectivity index (χ3v) is 4.92. The number of carbonyl (C=O) groups excluding carboxylic acids is 3. The van der Waals surface area contributed by atoms with Crippen molar-refractivity contribution in [2.45, 2.75) is 26.7 Å². The maximum Gasteiger partial charge on any atom is 0.338 e. The van der Waals surface area contributed by atoms with Gasteiger partial charge in [0.2, 0.25) is 0 Å². The summed E-state index contributed by atoms with van der Waals surface area (Å²) in [6.45, 7) is 4.52. The monoisotopic (exact) mass is 551 g/mol. The van der Waals surface area contributed by atoms with E-state index in [0.29, 0.717) is 40.3 Å². The second-order valence-electron chi connectivity index (χ2n) is 6.90. The van der Waals surface area contributed by atoms with E-state index in [1.54, 1.807) is 42.5 Å². The first-order valence-corrected chi connectivity index (χ1v) is 11.8. The molecule has 0 saturated carbocycles. The van der Waals surface area contributed by atoms with Gasteiger partial charge in [-0.15, -0.1) is 0 Å². The van der Waals surface area contributed by atoms with Gasteiger partial charge in [-0.25, -0.2) is 4.79 Å². The molecule has 0 bridgehead atoms. The second kappa shape index (κ2) is 14.2. The zero-order valence-corrected chi connectivity index (χ0v) is 21.2. The summed E-state index contributed by atoms with van der Waals surface area (Å²) >= 11 is 8.40. The molecular formula is C23H26BrN3O6S. The van der Waals surface area contributed by atoms with E-state index in [4.69, 9.17) is 26.4 Å². The number of nitrogens with one attached hydrogen (secondary N) is 3. The average Bonchev–Trinajstić information content (AvgIpc) is 2.84. The van der Waals surface area contributed by atoms with Crippen LogP contribution in [0.5, 0.6) is 11.5 Å². The number of benzene rings is 2. The van der Waals surface area contributed by atoms with E-state index in [1.807, 2.05) is 13.8 Å². The van der Waals surface area contributed by atoms with Gasteiger partial charge in [0.05, 0.1) is 23.2 Å². The summed E-state index contributed by atoms with van der Waals surface area (Å²) in [5, 5.41) is 2.38. The van der Waals surface area contributed by atoms with Crippen LogP contribution in [-0.2, 0) is 9.53 Å². The van der Waals surface area contributed by atoms with Crippen molar-refractivity contribution in [2.75, 3.05) is 19.8 Å². The molecule has 0 radical (unpaired) electrons. The van der Waals surface area contributed by atoms with Crippen LogP contribution in [0.4, 0.5) is 0 Å². The molecule has 9 nitrogen and oxygen atoms in total. The Morgan fingerprint density at radius 3 is 2.24 bits per heavy atom. The van der Waals surface area contributed by atoms with Gasteiger partial charge in [-0.3, -0.25) is 25.8 Å². The Morgan fingerprint density at radius 1 is 0.912 bits per heavy atom. The molecule has 2 amide bonds. The van der Waals surface area contributed by atoms with Gasteiger partial charge >= 0.3 is 5.97 Å². The molecule has 0 aliphatic heterocycles. The number of esters is 1. The van der Waals surface area contributed by atoms with E-state index >= 15 is 0 Å². The highest BCUT2D eigenvalue weighted by molar-refractivity contribution is 9.10. The number of rotatable bonds is 10. The van der Waals surface area contributed by atoms with E-state index in [-0.39, 0.29) is 11.7 Å². The van der Waals surface area contributed by atoms with E-state index in [0.717, 1.165) is 12.8 Å². The average molecular weight is 552 g/mol. The van der Waals surface area contributed by atoms with Gasteiger partial charge < -0.3 is 14.2 Å². The minimum Gasteiger partial charge on any atom is -0.492 e. The van der Waals surface area contributed by atoms with Crippen molar-refractivity contribution in [3.63, 3.8) is 0 Å². The lowest BCUT2D eigenvalue weighted by molar-refractivity contribution is -0.123. The summed E-state index contributed by atoms with van der Waals surface area (Å²) in [5.74, 6) is -0.363. The quantitative estimate of drug-likeness (QED) is 0.233. The number of hydrogen-bond acceptors (Lipinski definition) is 7. The molecule has 34 heavy (non-hydrogen) atoms. The molecule has 182 valence electrons. The maximum absolute atomic E-state index is 12.4. The standard InChI is InChI=1S/C23H26BrN3O6S/c1-3-11-31-19-10-7-16(13-18(19)24)21(29)25-23(34)27-26-20(28)14-33-17-8-5-15(6-9-17)22(30)32-12-4-2/h5-10,13H,3-4,11-12,14H2,1-2H3,(H,26,28)(H2,25,27,29,34). The van der Waals surface area contributed by atoms with Gasteiger partial charge in [0.15, 0.2) is 11.7 Å². The molecule has 2 rings (SSSR count). The molecule has 0 atom stereocenters. The Labute approximate surface area is 211 Å². The summed E-state index contributed by atoms with van der Waals surface area (Å²) in [7, 11) is 0. The van der Waals surface area contributed by atoms with Gasteiger partial charge in [0, 0.05) is 5.56 Å². The fraction of sp³-hybridized carbons (Fsp3) is 0.304. The largest absolute Gasteiger partial charge is 0.492 e. The van der Waals surface area contributed by atoms with Crippen LogP contribution in [0.2, 0.25) is 0 Å². The SMILES string of the molecule is CCCOC(=O)c1ccc(OCC(=O)NNC(=S)NC(=O)c2ccc(OCCC)c(Br)c2)cc1. The number of halogens is 1. The second-order valence-corrected chi connectivity index (χ2v) is 8.16. The van der Waals surface area contributed by atoms with Crippen molar-refractivity contribution >= 4 is 51.0 Å². The Bertz CT molecular complexity index is 1020.